The largest absolute Gasteiger partial charge is 0.496 e. The lowest BCUT2D eigenvalue weighted by molar-refractivity contribution is 0.288. The van der Waals surface area contributed by atoms with Crippen LogP contribution in [0.2, 0.25) is 0 Å². The van der Waals surface area contributed by atoms with Crippen LogP contribution in [0.4, 0.5) is 0 Å². The second-order valence-electron chi connectivity index (χ2n) is 7.56. The van der Waals surface area contributed by atoms with Gasteiger partial charge in [-0.3, -0.25) is 4.98 Å². The molecule has 1 fully saturated rings. The third-order valence-corrected chi connectivity index (χ3v) is 5.77. The zero-order chi connectivity index (χ0) is 19.9. The van der Waals surface area contributed by atoms with Gasteiger partial charge in [-0.15, -0.1) is 0 Å². The summed E-state index contributed by atoms with van der Waals surface area (Å²) in [5.41, 5.74) is 3.29. The van der Waals surface area contributed by atoms with E-state index in [2.05, 4.69) is 40.6 Å². The van der Waals surface area contributed by atoms with Crippen LogP contribution in [0.15, 0.2) is 72.9 Å². The zero-order valence-corrected chi connectivity index (χ0v) is 16.9. The number of nitrogens with zero attached hydrogens (tertiary/aromatic N) is 1. The van der Waals surface area contributed by atoms with E-state index >= 15 is 0 Å². The highest BCUT2D eigenvalue weighted by Gasteiger charge is 2.37. The van der Waals surface area contributed by atoms with Gasteiger partial charge in [0.1, 0.15) is 18.1 Å². The maximum Gasteiger partial charge on any atom is 0.130 e. The number of hydrogen-bond donors (Lipinski definition) is 1. The van der Waals surface area contributed by atoms with Crippen molar-refractivity contribution in [3.05, 3.63) is 89.7 Å². The first kappa shape index (κ1) is 19.5. The van der Waals surface area contributed by atoms with Crippen LogP contribution in [0.5, 0.6) is 11.5 Å². The Morgan fingerprint density at radius 3 is 2.38 bits per heavy atom. The molecule has 1 saturated carbocycles. The molecule has 0 aliphatic heterocycles. The van der Waals surface area contributed by atoms with Crippen LogP contribution >= 0.6 is 0 Å². The molecule has 1 aliphatic rings. The number of nitrogens with one attached hydrogen (secondary N) is 1. The Morgan fingerprint density at radius 2 is 1.62 bits per heavy atom. The van der Waals surface area contributed by atoms with Crippen molar-refractivity contribution in [3.8, 4) is 11.5 Å². The summed E-state index contributed by atoms with van der Waals surface area (Å²) in [6, 6.07) is 22.5. The maximum absolute atomic E-state index is 6.09. The fourth-order valence-corrected chi connectivity index (χ4v) is 4.25. The molecule has 29 heavy (non-hydrogen) atoms. The topological polar surface area (TPSA) is 43.4 Å². The average molecular weight is 389 g/mol. The van der Waals surface area contributed by atoms with Crippen molar-refractivity contribution in [2.75, 3.05) is 7.11 Å². The van der Waals surface area contributed by atoms with Gasteiger partial charge in [0.15, 0.2) is 0 Å². The van der Waals surface area contributed by atoms with E-state index in [1.807, 2.05) is 36.4 Å². The number of hydrogen-bond acceptors (Lipinski definition) is 4. The first-order valence-electron chi connectivity index (χ1n) is 10.3. The molecule has 4 nitrogen and oxygen atoms in total. The maximum atomic E-state index is 6.09. The summed E-state index contributed by atoms with van der Waals surface area (Å²) in [5, 5.41) is 3.87. The van der Waals surface area contributed by atoms with Gasteiger partial charge in [0.25, 0.3) is 0 Å². The minimum absolute atomic E-state index is 0.0549. The van der Waals surface area contributed by atoms with Gasteiger partial charge in [-0.2, -0.15) is 0 Å². The van der Waals surface area contributed by atoms with Crippen molar-refractivity contribution in [2.45, 2.75) is 44.4 Å². The number of pyridine rings is 1. The Balaban J connectivity index is 1.51. The summed E-state index contributed by atoms with van der Waals surface area (Å²) < 4.78 is 11.8. The number of methoxy groups -OCH3 is 1. The molecule has 0 spiro atoms. The summed E-state index contributed by atoms with van der Waals surface area (Å²) in [6.07, 6.45) is 6.48. The van der Waals surface area contributed by atoms with E-state index in [1.54, 1.807) is 13.3 Å². The minimum atomic E-state index is -0.0549. The zero-order valence-electron chi connectivity index (χ0n) is 16.9. The van der Waals surface area contributed by atoms with Crippen molar-refractivity contribution < 1.29 is 9.47 Å². The van der Waals surface area contributed by atoms with E-state index in [9.17, 15) is 0 Å². The molecule has 1 heterocycles. The molecule has 0 bridgehead atoms. The van der Waals surface area contributed by atoms with E-state index in [0.29, 0.717) is 6.61 Å². The predicted octanol–water partition coefficient (Wildman–Crippen LogP) is 5.23. The lowest BCUT2D eigenvalue weighted by Crippen LogP contribution is -2.39. The van der Waals surface area contributed by atoms with Gasteiger partial charge >= 0.3 is 0 Å². The van der Waals surface area contributed by atoms with Crippen LogP contribution in [-0.2, 0) is 18.7 Å². The van der Waals surface area contributed by atoms with Gasteiger partial charge < -0.3 is 14.8 Å². The van der Waals surface area contributed by atoms with Crippen LogP contribution in [-0.4, -0.2) is 12.1 Å². The molecule has 1 aromatic heterocycles. The lowest BCUT2D eigenvalue weighted by Gasteiger charge is -2.33. The molecule has 1 N–H and O–H groups in total. The third-order valence-electron chi connectivity index (χ3n) is 5.77. The Kier molecular flexibility index (Phi) is 6.11. The van der Waals surface area contributed by atoms with Crippen molar-refractivity contribution in [1.29, 1.82) is 0 Å². The second-order valence-corrected chi connectivity index (χ2v) is 7.56. The van der Waals surface area contributed by atoms with Crippen LogP contribution in [0.3, 0.4) is 0 Å². The van der Waals surface area contributed by atoms with Crippen molar-refractivity contribution >= 4 is 0 Å². The molecule has 0 saturated heterocycles. The lowest BCUT2D eigenvalue weighted by atomic mass is 9.87. The van der Waals surface area contributed by atoms with Crippen LogP contribution in [0.25, 0.3) is 0 Å². The Bertz CT molecular complexity index is 921. The van der Waals surface area contributed by atoms with Gasteiger partial charge in [-0.05, 0) is 37.1 Å². The first-order chi connectivity index (χ1) is 14.3. The summed E-state index contributed by atoms with van der Waals surface area (Å²) in [4.78, 5) is 4.35. The Labute approximate surface area is 172 Å². The Hall–Kier alpha value is -2.85. The minimum Gasteiger partial charge on any atom is -0.496 e. The van der Waals surface area contributed by atoms with Gasteiger partial charge in [-0.1, -0.05) is 55.3 Å². The van der Waals surface area contributed by atoms with E-state index in [1.165, 1.54) is 18.4 Å². The Morgan fingerprint density at radius 1 is 0.897 bits per heavy atom. The van der Waals surface area contributed by atoms with Gasteiger partial charge in [0, 0.05) is 29.4 Å². The normalized spacial score (nSPS) is 15.2. The average Bonchev–Trinajstić information content (AvgIpc) is 3.27. The molecular weight excluding hydrogens is 360 g/mol. The molecular formula is C25H28N2O2. The molecule has 0 atom stereocenters. The van der Waals surface area contributed by atoms with Crippen LogP contribution in [0, 0.1) is 0 Å². The molecule has 4 rings (SSSR count). The molecule has 0 radical (unpaired) electrons. The number of rotatable bonds is 8. The molecule has 0 amide bonds. The quantitative estimate of drug-likeness (QED) is 0.574. The third kappa shape index (κ3) is 4.43. The number of para-hydroxylation sites is 2. The van der Waals surface area contributed by atoms with Crippen molar-refractivity contribution in [3.63, 3.8) is 0 Å². The number of aromatic nitrogens is 1. The SMILES string of the molecule is COc1ccccc1C1(NCc2ccccc2OCc2ccccn2)CCCC1. The second kappa shape index (κ2) is 9.10. The first-order valence-corrected chi connectivity index (χ1v) is 10.3. The highest BCUT2D eigenvalue weighted by molar-refractivity contribution is 5.40. The highest BCUT2D eigenvalue weighted by Crippen LogP contribution is 2.43. The summed E-state index contributed by atoms with van der Waals surface area (Å²) in [5.74, 6) is 1.86. The van der Waals surface area contributed by atoms with E-state index in [-0.39, 0.29) is 5.54 Å². The van der Waals surface area contributed by atoms with Crippen molar-refractivity contribution in [2.24, 2.45) is 0 Å². The highest BCUT2D eigenvalue weighted by atomic mass is 16.5. The molecule has 2 aromatic carbocycles. The number of ether oxygens (including phenoxy) is 2. The smallest absolute Gasteiger partial charge is 0.130 e. The molecule has 0 unspecified atom stereocenters. The van der Waals surface area contributed by atoms with E-state index in [0.717, 1.165) is 42.1 Å². The molecule has 4 heteroatoms. The monoisotopic (exact) mass is 388 g/mol. The van der Waals surface area contributed by atoms with Gasteiger partial charge in [-0.25, -0.2) is 0 Å². The number of benzene rings is 2. The van der Waals surface area contributed by atoms with Gasteiger partial charge in [0.2, 0.25) is 0 Å². The van der Waals surface area contributed by atoms with Crippen molar-refractivity contribution in [1.82, 2.24) is 10.3 Å². The summed E-state index contributed by atoms with van der Waals surface area (Å²) in [6.45, 7) is 1.21. The molecule has 3 aromatic rings. The van der Waals surface area contributed by atoms with Crippen LogP contribution < -0.4 is 14.8 Å². The predicted molar refractivity (Wildman–Crippen MR) is 115 cm³/mol. The van der Waals surface area contributed by atoms with Crippen LogP contribution in [0.1, 0.15) is 42.5 Å². The van der Waals surface area contributed by atoms with E-state index < -0.39 is 0 Å². The van der Waals surface area contributed by atoms with Gasteiger partial charge in [0.05, 0.1) is 12.8 Å². The fourth-order valence-electron chi connectivity index (χ4n) is 4.25. The van der Waals surface area contributed by atoms with E-state index in [4.69, 9.17) is 9.47 Å². The summed E-state index contributed by atoms with van der Waals surface area (Å²) >= 11 is 0. The fraction of sp³-hybridized carbons (Fsp3) is 0.320. The molecule has 150 valence electrons. The molecule has 1 aliphatic carbocycles. The standard InChI is InChI=1S/C25H28N2O2/c1-28-24-14-5-3-12-22(24)25(15-7-8-16-25)27-18-20-10-2-4-13-23(20)29-19-21-11-6-9-17-26-21/h2-6,9-14,17,27H,7-8,15-16,18-19H2,1H3. The summed E-state index contributed by atoms with van der Waals surface area (Å²) in [7, 11) is 1.75.